The summed E-state index contributed by atoms with van der Waals surface area (Å²) in [5, 5.41) is 9.37. The Hall–Kier alpha value is -2.52. The molecule has 0 radical (unpaired) electrons. The van der Waals surface area contributed by atoms with Gasteiger partial charge in [-0.05, 0) is 24.4 Å². The van der Waals surface area contributed by atoms with Crippen molar-refractivity contribution in [3.05, 3.63) is 40.8 Å². The van der Waals surface area contributed by atoms with Crippen LogP contribution in [0.5, 0.6) is 0 Å². The number of rotatable bonds is 5. The maximum absolute atomic E-state index is 5.41. The minimum atomic E-state index is 0.0866. The van der Waals surface area contributed by atoms with Crippen molar-refractivity contribution in [1.82, 2.24) is 24.7 Å². The number of anilines is 2. The van der Waals surface area contributed by atoms with Crippen LogP contribution in [0.4, 0.5) is 11.9 Å². The lowest BCUT2D eigenvalue weighted by atomic mass is 10.3. The van der Waals surface area contributed by atoms with E-state index in [4.69, 9.17) is 5.84 Å². The molecule has 108 valence electrons. The molecule has 0 amide bonds. The summed E-state index contributed by atoms with van der Waals surface area (Å²) in [4.78, 5) is 13.9. The number of hydrogen-bond donors (Lipinski definition) is 3. The molecule has 21 heavy (non-hydrogen) atoms. The second-order valence-corrected chi connectivity index (χ2v) is 5.24. The van der Waals surface area contributed by atoms with Crippen LogP contribution in [-0.4, -0.2) is 24.7 Å². The average Bonchev–Trinajstić information content (AvgIpc) is 3.19. The van der Waals surface area contributed by atoms with Crippen LogP contribution in [0.2, 0.25) is 0 Å². The van der Waals surface area contributed by atoms with Crippen molar-refractivity contribution in [3.63, 3.8) is 0 Å². The van der Waals surface area contributed by atoms with Gasteiger partial charge in [-0.1, -0.05) is 6.07 Å². The van der Waals surface area contributed by atoms with Gasteiger partial charge in [0.1, 0.15) is 0 Å². The van der Waals surface area contributed by atoms with Crippen molar-refractivity contribution < 1.29 is 0 Å². The highest BCUT2D eigenvalue weighted by Crippen LogP contribution is 2.22. The molecule has 3 rings (SSSR count). The number of hydrogen-bond acceptors (Lipinski definition) is 8. The Morgan fingerprint density at radius 3 is 2.76 bits per heavy atom. The highest BCUT2D eigenvalue weighted by molar-refractivity contribution is 7.10. The molecule has 4 N–H and O–H groups in total. The zero-order chi connectivity index (χ0) is 14.7. The van der Waals surface area contributed by atoms with Crippen LogP contribution < -0.4 is 16.6 Å². The van der Waals surface area contributed by atoms with Gasteiger partial charge < -0.3 is 5.32 Å². The van der Waals surface area contributed by atoms with Gasteiger partial charge in [-0.2, -0.15) is 20.1 Å². The molecule has 0 fully saturated rings. The second-order valence-electron chi connectivity index (χ2n) is 4.26. The monoisotopic (exact) mass is 302 g/mol. The lowest BCUT2D eigenvalue weighted by Gasteiger charge is -2.13. The fourth-order valence-electron chi connectivity index (χ4n) is 1.79. The number of nitrogens with zero attached hydrogens (tertiary/aromatic N) is 5. The number of nitrogens with one attached hydrogen (secondary N) is 2. The number of hydrazine groups is 1. The molecule has 0 saturated heterocycles. The van der Waals surface area contributed by atoms with Crippen LogP contribution in [0.25, 0.3) is 5.95 Å². The van der Waals surface area contributed by atoms with E-state index in [1.807, 2.05) is 18.4 Å². The van der Waals surface area contributed by atoms with E-state index in [-0.39, 0.29) is 12.0 Å². The van der Waals surface area contributed by atoms with E-state index < -0.39 is 0 Å². The van der Waals surface area contributed by atoms with Crippen molar-refractivity contribution in [2.24, 2.45) is 5.84 Å². The Labute approximate surface area is 125 Å². The molecule has 0 aromatic carbocycles. The Kier molecular flexibility index (Phi) is 3.75. The van der Waals surface area contributed by atoms with Crippen molar-refractivity contribution in [1.29, 1.82) is 0 Å². The van der Waals surface area contributed by atoms with Gasteiger partial charge in [-0.25, -0.2) is 10.5 Å². The molecular formula is C12H14N8S. The third-order valence-corrected chi connectivity index (χ3v) is 3.83. The first-order valence-corrected chi connectivity index (χ1v) is 7.17. The van der Waals surface area contributed by atoms with Gasteiger partial charge in [0.15, 0.2) is 0 Å². The first-order valence-electron chi connectivity index (χ1n) is 6.29. The van der Waals surface area contributed by atoms with Gasteiger partial charge >= 0.3 is 0 Å². The zero-order valence-electron chi connectivity index (χ0n) is 11.3. The second kappa shape index (κ2) is 5.85. The summed E-state index contributed by atoms with van der Waals surface area (Å²) in [6, 6.07) is 5.94. The largest absolute Gasteiger partial charge is 0.347 e. The van der Waals surface area contributed by atoms with E-state index in [2.05, 4.69) is 36.9 Å². The SMILES string of the molecule is CC(Nc1nc(NN)nc(-n2cccn2)n1)c1cccs1. The van der Waals surface area contributed by atoms with Crippen LogP contribution >= 0.6 is 11.3 Å². The summed E-state index contributed by atoms with van der Waals surface area (Å²) >= 11 is 1.67. The molecule has 1 unspecified atom stereocenters. The summed E-state index contributed by atoms with van der Waals surface area (Å²) in [6.45, 7) is 2.04. The van der Waals surface area contributed by atoms with Crippen molar-refractivity contribution >= 4 is 23.2 Å². The predicted molar refractivity (Wildman–Crippen MR) is 81.1 cm³/mol. The molecule has 0 bridgehead atoms. The Morgan fingerprint density at radius 2 is 2.10 bits per heavy atom. The molecule has 1 atom stereocenters. The van der Waals surface area contributed by atoms with Crippen molar-refractivity contribution in [2.75, 3.05) is 10.7 Å². The van der Waals surface area contributed by atoms with Crippen LogP contribution in [0.3, 0.4) is 0 Å². The standard InChI is InChI=1S/C12H14N8S/c1-8(9-4-2-7-21-9)15-10-16-11(19-13)18-12(17-10)20-6-3-5-14-20/h2-8H,13H2,1H3,(H2,15,16,17,18,19). The Morgan fingerprint density at radius 1 is 1.24 bits per heavy atom. The van der Waals surface area contributed by atoms with Gasteiger partial charge in [0, 0.05) is 17.3 Å². The molecule has 0 aliphatic carbocycles. The van der Waals surface area contributed by atoms with Gasteiger partial charge in [0.05, 0.1) is 6.04 Å². The molecule has 3 aromatic rings. The maximum atomic E-state index is 5.41. The molecule has 0 aliphatic rings. The fraction of sp³-hybridized carbons (Fsp3) is 0.167. The highest BCUT2D eigenvalue weighted by Gasteiger charge is 2.12. The molecule has 0 aliphatic heterocycles. The van der Waals surface area contributed by atoms with E-state index in [0.29, 0.717) is 11.9 Å². The van der Waals surface area contributed by atoms with Gasteiger partial charge in [-0.3, -0.25) is 5.43 Å². The molecular weight excluding hydrogens is 288 g/mol. The maximum Gasteiger partial charge on any atom is 0.257 e. The Balaban J connectivity index is 1.89. The minimum absolute atomic E-state index is 0.0866. The van der Waals surface area contributed by atoms with Crippen molar-refractivity contribution in [2.45, 2.75) is 13.0 Å². The zero-order valence-corrected chi connectivity index (χ0v) is 12.1. The quantitative estimate of drug-likeness (QED) is 0.485. The third-order valence-electron chi connectivity index (χ3n) is 2.78. The fourth-order valence-corrected chi connectivity index (χ4v) is 2.52. The van der Waals surface area contributed by atoms with Gasteiger partial charge in [0.2, 0.25) is 11.9 Å². The lowest BCUT2D eigenvalue weighted by molar-refractivity contribution is 0.786. The first kappa shape index (κ1) is 13.5. The summed E-state index contributed by atoms with van der Waals surface area (Å²) in [7, 11) is 0. The third kappa shape index (κ3) is 2.98. The van der Waals surface area contributed by atoms with Crippen LogP contribution in [0.15, 0.2) is 36.0 Å². The smallest absolute Gasteiger partial charge is 0.257 e. The van der Waals surface area contributed by atoms with Crippen LogP contribution in [0.1, 0.15) is 17.8 Å². The van der Waals surface area contributed by atoms with E-state index in [1.165, 1.54) is 4.88 Å². The summed E-state index contributed by atoms with van der Waals surface area (Å²) in [5.74, 6) is 6.51. The molecule has 9 heteroatoms. The van der Waals surface area contributed by atoms with E-state index in [1.54, 1.807) is 34.5 Å². The van der Waals surface area contributed by atoms with E-state index in [9.17, 15) is 0 Å². The van der Waals surface area contributed by atoms with Gasteiger partial charge in [0.25, 0.3) is 5.95 Å². The number of thiophene rings is 1. The van der Waals surface area contributed by atoms with Crippen LogP contribution in [0, 0.1) is 0 Å². The topological polar surface area (TPSA) is 107 Å². The Bertz CT molecular complexity index is 694. The van der Waals surface area contributed by atoms with E-state index in [0.717, 1.165) is 0 Å². The number of nitrogen functional groups attached to an aromatic ring is 1. The average molecular weight is 302 g/mol. The van der Waals surface area contributed by atoms with Gasteiger partial charge in [-0.15, -0.1) is 11.3 Å². The molecule has 3 aromatic heterocycles. The summed E-state index contributed by atoms with van der Waals surface area (Å²) in [6.07, 6.45) is 3.41. The number of nitrogens with two attached hydrogens (primary N) is 1. The van der Waals surface area contributed by atoms with E-state index >= 15 is 0 Å². The van der Waals surface area contributed by atoms with Crippen molar-refractivity contribution in [3.8, 4) is 5.95 Å². The lowest BCUT2D eigenvalue weighted by Crippen LogP contribution is -2.17. The summed E-state index contributed by atoms with van der Waals surface area (Å²) in [5.41, 5.74) is 2.44. The molecule has 8 nitrogen and oxygen atoms in total. The predicted octanol–water partition coefficient (Wildman–Crippen LogP) is 1.58. The molecule has 0 saturated carbocycles. The number of aromatic nitrogens is 5. The minimum Gasteiger partial charge on any atom is -0.347 e. The summed E-state index contributed by atoms with van der Waals surface area (Å²) < 4.78 is 1.55. The normalized spacial score (nSPS) is 12.1. The molecule has 0 spiro atoms. The van der Waals surface area contributed by atoms with Crippen LogP contribution in [-0.2, 0) is 0 Å². The first-order chi connectivity index (χ1) is 10.3. The molecule has 3 heterocycles. The highest BCUT2D eigenvalue weighted by atomic mass is 32.1.